The second kappa shape index (κ2) is 5.41. The van der Waals surface area contributed by atoms with Crippen molar-refractivity contribution in [3.05, 3.63) is 23.2 Å². The summed E-state index contributed by atoms with van der Waals surface area (Å²) in [5.74, 6) is 0.818. The molecule has 0 aliphatic carbocycles. The lowest BCUT2D eigenvalue weighted by Gasteiger charge is -2.24. The van der Waals surface area contributed by atoms with Gasteiger partial charge in [-0.3, -0.25) is 0 Å². The second-order valence-corrected chi connectivity index (χ2v) is 4.28. The van der Waals surface area contributed by atoms with Crippen molar-refractivity contribution in [2.75, 3.05) is 25.6 Å². The summed E-state index contributed by atoms with van der Waals surface area (Å²) in [5.41, 5.74) is 0.938. The molecule has 1 aliphatic rings. The van der Waals surface area contributed by atoms with Crippen molar-refractivity contribution in [2.24, 2.45) is 0 Å². The van der Waals surface area contributed by atoms with E-state index < -0.39 is 0 Å². The van der Waals surface area contributed by atoms with Gasteiger partial charge in [-0.2, -0.15) is 0 Å². The second-order valence-electron chi connectivity index (χ2n) is 3.88. The standard InChI is InChI=1S/C12H16ClNO2/c1-15-10-2-3-11(13)12(8-10)14-9-4-6-16-7-5-9/h2-3,8-9,14H,4-7H2,1H3. The van der Waals surface area contributed by atoms with Crippen molar-refractivity contribution < 1.29 is 9.47 Å². The molecule has 1 saturated heterocycles. The zero-order valence-electron chi connectivity index (χ0n) is 9.33. The highest BCUT2D eigenvalue weighted by molar-refractivity contribution is 6.33. The highest BCUT2D eigenvalue weighted by atomic mass is 35.5. The molecule has 1 aromatic carbocycles. The number of rotatable bonds is 3. The molecule has 1 aromatic rings. The summed E-state index contributed by atoms with van der Waals surface area (Å²) in [7, 11) is 1.65. The lowest BCUT2D eigenvalue weighted by Crippen LogP contribution is -2.27. The lowest BCUT2D eigenvalue weighted by molar-refractivity contribution is 0.0904. The van der Waals surface area contributed by atoms with Crippen molar-refractivity contribution in [1.82, 2.24) is 0 Å². The lowest BCUT2D eigenvalue weighted by atomic mass is 10.1. The third-order valence-electron chi connectivity index (χ3n) is 2.75. The van der Waals surface area contributed by atoms with Crippen LogP contribution in [0.3, 0.4) is 0 Å². The van der Waals surface area contributed by atoms with E-state index in [4.69, 9.17) is 21.1 Å². The third kappa shape index (κ3) is 2.80. The SMILES string of the molecule is COc1ccc(Cl)c(NC2CCOCC2)c1. The first kappa shape index (κ1) is 11.6. The number of nitrogens with one attached hydrogen (secondary N) is 1. The van der Waals surface area contributed by atoms with Crippen molar-refractivity contribution in [3.63, 3.8) is 0 Å². The number of benzene rings is 1. The molecule has 0 bridgehead atoms. The largest absolute Gasteiger partial charge is 0.497 e. The summed E-state index contributed by atoms with van der Waals surface area (Å²) in [4.78, 5) is 0. The number of methoxy groups -OCH3 is 1. The first-order valence-corrected chi connectivity index (χ1v) is 5.85. The van der Waals surface area contributed by atoms with Crippen molar-refractivity contribution >= 4 is 17.3 Å². The van der Waals surface area contributed by atoms with E-state index in [-0.39, 0.29) is 0 Å². The predicted molar refractivity (Wildman–Crippen MR) is 65.5 cm³/mol. The van der Waals surface area contributed by atoms with Crippen LogP contribution in [0.4, 0.5) is 5.69 Å². The van der Waals surface area contributed by atoms with Crippen molar-refractivity contribution in [2.45, 2.75) is 18.9 Å². The molecule has 16 heavy (non-hydrogen) atoms. The molecule has 0 radical (unpaired) electrons. The van der Waals surface area contributed by atoms with Gasteiger partial charge in [0.2, 0.25) is 0 Å². The van der Waals surface area contributed by atoms with Crippen LogP contribution in [0.15, 0.2) is 18.2 Å². The minimum absolute atomic E-state index is 0.443. The van der Waals surface area contributed by atoms with E-state index in [1.165, 1.54) is 0 Å². The Morgan fingerprint density at radius 2 is 2.12 bits per heavy atom. The van der Waals surface area contributed by atoms with Crippen LogP contribution in [0, 0.1) is 0 Å². The van der Waals surface area contributed by atoms with Gasteiger partial charge in [-0.25, -0.2) is 0 Å². The topological polar surface area (TPSA) is 30.5 Å². The third-order valence-corrected chi connectivity index (χ3v) is 3.08. The molecular formula is C12H16ClNO2. The molecule has 0 atom stereocenters. The van der Waals surface area contributed by atoms with Crippen LogP contribution in [-0.2, 0) is 4.74 Å². The molecule has 0 spiro atoms. The fraction of sp³-hybridized carbons (Fsp3) is 0.500. The summed E-state index contributed by atoms with van der Waals surface area (Å²) < 4.78 is 10.5. The average Bonchev–Trinajstić information content (AvgIpc) is 2.33. The molecule has 1 aliphatic heterocycles. The Kier molecular flexibility index (Phi) is 3.91. The maximum Gasteiger partial charge on any atom is 0.121 e. The van der Waals surface area contributed by atoms with E-state index in [0.29, 0.717) is 6.04 Å². The molecule has 1 N–H and O–H groups in total. The minimum Gasteiger partial charge on any atom is -0.497 e. The molecule has 3 nitrogen and oxygen atoms in total. The van der Waals surface area contributed by atoms with Gasteiger partial charge in [0, 0.05) is 25.3 Å². The van der Waals surface area contributed by atoms with Crippen LogP contribution in [-0.4, -0.2) is 26.4 Å². The highest BCUT2D eigenvalue weighted by Crippen LogP contribution is 2.28. The summed E-state index contributed by atoms with van der Waals surface area (Å²) >= 11 is 6.12. The molecule has 4 heteroatoms. The Morgan fingerprint density at radius 3 is 2.81 bits per heavy atom. The monoisotopic (exact) mass is 241 g/mol. The van der Waals surface area contributed by atoms with Crippen LogP contribution < -0.4 is 10.1 Å². The van der Waals surface area contributed by atoms with Crippen LogP contribution in [0.5, 0.6) is 5.75 Å². The Balaban J connectivity index is 2.06. The van der Waals surface area contributed by atoms with Crippen LogP contribution in [0.2, 0.25) is 5.02 Å². The summed E-state index contributed by atoms with van der Waals surface area (Å²) in [6.45, 7) is 1.64. The number of anilines is 1. The summed E-state index contributed by atoms with van der Waals surface area (Å²) in [5, 5.41) is 4.16. The number of hydrogen-bond donors (Lipinski definition) is 1. The first-order chi connectivity index (χ1) is 7.79. The van der Waals surface area contributed by atoms with E-state index in [1.54, 1.807) is 7.11 Å². The van der Waals surface area contributed by atoms with Gasteiger partial charge >= 0.3 is 0 Å². The minimum atomic E-state index is 0.443. The fourth-order valence-corrected chi connectivity index (χ4v) is 1.98. The van der Waals surface area contributed by atoms with Crippen LogP contribution in [0.25, 0.3) is 0 Å². The Bertz CT molecular complexity index is 351. The van der Waals surface area contributed by atoms with Gasteiger partial charge in [0.25, 0.3) is 0 Å². The van der Waals surface area contributed by atoms with E-state index >= 15 is 0 Å². The van der Waals surface area contributed by atoms with Gasteiger partial charge in [0.05, 0.1) is 17.8 Å². The fourth-order valence-electron chi connectivity index (χ4n) is 1.80. The number of hydrogen-bond acceptors (Lipinski definition) is 3. The van der Waals surface area contributed by atoms with Gasteiger partial charge in [-0.05, 0) is 25.0 Å². The molecule has 0 saturated carbocycles. The maximum atomic E-state index is 6.12. The molecule has 0 amide bonds. The molecule has 88 valence electrons. The van der Waals surface area contributed by atoms with Crippen LogP contribution >= 0.6 is 11.6 Å². The van der Waals surface area contributed by atoms with E-state index in [2.05, 4.69) is 5.32 Å². The zero-order valence-corrected chi connectivity index (χ0v) is 10.1. The molecule has 1 heterocycles. The Hall–Kier alpha value is -0.930. The van der Waals surface area contributed by atoms with Crippen molar-refractivity contribution in [3.8, 4) is 5.75 Å². The van der Waals surface area contributed by atoms with Gasteiger partial charge < -0.3 is 14.8 Å². The summed E-state index contributed by atoms with van der Waals surface area (Å²) in [6.07, 6.45) is 2.04. The average molecular weight is 242 g/mol. The van der Waals surface area contributed by atoms with Gasteiger partial charge in [-0.15, -0.1) is 0 Å². The molecule has 1 fully saturated rings. The maximum absolute atomic E-state index is 6.12. The highest BCUT2D eigenvalue weighted by Gasteiger charge is 2.14. The zero-order chi connectivity index (χ0) is 11.4. The summed E-state index contributed by atoms with van der Waals surface area (Å²) in [6, 6.07) is 6.08. The van der Waals surface area contributed by atoms with E-state index in [0.717, 1.165) is 42.5 Å². The van der Waals surface area contributed by atoms with Crippen LogP contribution in [0.1, 0.15) is 12.8 Å². The normalized spacial score (nSPS) is 17.1. The number of halogens is 1. The van der Waals surface area contributed by atoms with Crippen molar-refractivity contribution in [1.29, 1.82) is 0 Å². The predicted octanol–water partition coefficient (Wildman–Crippen LogP) is 2.94. The molecule has 2 rings (SSSR count). The molecule has 0 unspecified atom stereocenters. The Labute approximate surface area is 101 Å². The van der Waals surface area contributed by atoms with Gasteiger partial charge in [0.15, 0.2) is 0 Å². The quantitative estimate of drug-likeness (QED) is 0.883. The Morgan fingerprint density at radius 1 is 1.38 bits per heavy atom. The molecular weight excluding hydrogens is 226 g/mol. The molecule has 0 aromatic heterocycles. The van der Waals surface area contributed by atoms with E-state index in [9.17, 15) is 0 Å². The number of ether oxygens (including phenoxy) is 2. The van der Waals surface area contributed by atoms with E-state index in [1.807, 2.05) is 18.2 Å². The van der Waals surface area contributed by atoms with Gasteiger partial charge in [0.1, 0.15) is 5.75 Å². The van der Waals surface area contributed by atoms with Gasteiger partial charge in [-0.1, -0.05) is 11.6 Å². The first-order valence-electron chi connectivity index (χ1n) is 5.47. The smallest absolute Gasteiger partial charge is 0.121 e.